The van der Waals surface area contributed by atoms with Crippen molar-refractivity contribution in [3.8, 4) is 0 Å². The van der Waals surface area contributed by atoms with E-state index in [2.05, 4.69) is 15.6 Å². The average Bonchev–Trinajstić information content (AvgIpc) is 2.21. The van der Waals surface area contributed by atoms with Gasteiger partial charge in [-0.15, -0.1) is 0 Å². The molecule has 2 rings (SSSR count). The molecule has 72 valence electrons. The first-order chi connectivity index (χ1) is 6.65. The Bertz CT molecular complexity index is 419. The molecule has 5 nitrogen and oxygen atoms in total. The summed E-state index contributed by atoms with van der Waals surface area (Å²) in [7, 11) is 0. The van der Waals surface area contributed by atoms with Crippen LogP contribution in [0.15, 0.2) is 12.1 Å². The highest BCUT2D eigenvalue weighted by Crippen LogP contribution is 2.23. The van der Waals surface area contributed by atoms with Crippen LogP contribution in [0, 0.1) is 0 Å². The molecular weight excluding hydrogens is 206 g/mol. The minimum atomic E-state index is -0.393. The summed E-state index contributed by atoms with van der Waals surface area (Å²) in [5, 5.41) is 5.28. The Morgan fingerprint density at radius 3 is 2.71 bits per heavy atom. The number of hydrogen-bond donors (Lipinski definition) is 2. The second-order valence-corrected chi connectivity index (χ2v) is 3.19. The van der Waals surface area contributed by atoms with Gasteiger partial charge in [0, 0.05) is 0 Å². The number of carbonyl (C=O) groups is 2. The second-order valence-electron chi connectivity index (χ2n) is 2.80. The van der Waals surface area contributed by atoms with Crippen LogP contribution in [0.3, 0.4) is 0 Å². The first-order valence-electron chi connectivity index (χ1n) is 3.91. The highest BCUT2D eigenvalue weighted by atomic mass is 35.5. The number of amides is 2. The molecule has 2 amide bonds. The van der Waals surface area contributed by atoms with E-state index in [-0.39, 0.29) is 23.3 Å². The summed E-state index contributed by atoms with van der Waals surface area (Å²) in [6.07, 6.45) is -0.200. The summed E-state index contributed by atoms with van der Waals surface area (Å²) in [6.45, 7) is 0. The van der Waals surface area contributed by atoms with Gasteiger partial charge in [-0.1, -0.05) is 11.6 Å². The lowest BCUT2D eigenvalue weighted by atomic mass is 10.4. The lowest BCUT2D eigenvalue weighted by molar-refractivity contribution is -0.123. The van der Waals surface area contributed by atoms with Crippen molar-refractivity contribution in [1.82, 2.24) is 4.98 Å². The number of pyridine rings is 1. The van der Waals surface area contributed by atoms with Gasteiger partial charge in [0.05, 0.1) is 5.69 Å². The topological polar surface area (TPSA) is 71.1 Å². The van der Waals surface area contributed by atoms with E-state index in [9.17, 15) is 9.59 Å². The van der Waals surface area contributed by atoms with Crippen molar-refractivity contribution in [3.63, 3.8) is 0 Å². The van der Waals surface area contributed by atoms with E-state index in [0.29, 0.717) is 5.69 Å². The van der Waals surface area contributed by atoms with Gasteiger partial charge in [0.15, 0.2) is 5.82 Å². The number of anilines is 2. The third-order valence-corrected chi connectivity index (χ3v) is 1.92. The van der Waals surface area contributed by atoms with Crippen LogP contribution in [0.1, 0.15) is 6.42 Å². The molecular formula is C8H6ClN3O2. The summed E-state index contributed by atoms with van der Waals surface area (Å²) in [6, 6.07) is 3.13. The smallest absolute Gasteiger partial charge is 0.235 e. The highest BCUT2D eigenvalue weighted by Gasteiger charge is 2.18. The molecule has 6 heteroatoms. The van der Waals surface area contributed by atoms with Crippen LogP contribution in [0.2, 0.25) is 5.15 Å². The normalized spacial score (nSPS) is 15.2. The van der Waals surface area contributed by atoms with E-state index in [0.717, 1.165) is 0 Å². The fourth-order valence-electron chi connectivity index (χ4n) is 1.15. The number of nitrogens with zero attached hydrogens (tertiary/aromatic N) is 1. The number of halogens is 1. The molecule has 0 aromatic carbocycles. The minimum Gasteiger partial charge on any atom is -0.323 e. The Morgan fingerprint density at radius 2 is 1.93 bits per heavy atom. The number of aromatic nitrogens is 1. The van der Waals surface area contributed by atoms with Crippen molar-refractivity contribution in [3.05, 3.63) is 17.3 Å². The molecule has 0 aliphatic carbocycles. The van der Waals surface area contributed by atoms with Crippen LogP contribution < -0.4 is 10.6 Å². The Kier molecular flexibility index (Phi) is 2.09. The SMILES string of the molecule is O=C1CC(=O)Nc2nc(Cl)ccc2N1. The van der Waals surface area contributed by atoms with Gasteiger partial charge in [-0.3, -0.25) is 9.59 Å². The predicted molar refractivity (Wildman–Crippen MR) is 51.1 cm³/mol. The van der Waals surface area contributed by atoms with E-state index < -0.39 is 5.91 Å². The summed E-state index contributed by atoms with van der Waals surface area (Å²) in [5.74, 6) is -0.463. The first-order valence-corrected chi connectivity index (χ1v) is 4.29. The minimum absolute atomic E-state index is 0.200. The zero-order chi connectivity index (χ0) is 10.1. The summed E-state index contributed by atoms with van der Waals surface area (Å²) in [4.78, 5) is 26.1. The summed E-state index contributed by atoms with van der Waals surface area (Å²) in [5.41, 5.74) is 0.463. The molecule has 1 aromatic rings. The number of rotatable bonds is 0. The van der Waals surface area contributed by atoms with Gasteiger partial charge >= 0.3 is 0 Å². The Labute approximate surface area is 84.5 Å². The lowest BCUT2D eigenvalue weighted by Crippen LogP contribution is -2.16. The third kappa shape index (κ3) is 1.67. The van der Waals surface area contributed by atoms with E-state index in [1.165, 1.54) is 6.07 Å². The maximum atomic E-state index is 11.1. The molecule has 1 aromatic heterocycles. The number of fused-ring (bicyclic) bond motifs is 1. The largest absolute Gasteiger partial charge is 0.323 e. The van der Waals surface area contributed by atoms with Gasteiger partial charge in [-0.05, 0) is 12.1 Å². The molecule has 0 atom stereocenters. The maximum absolute atomic E-state index is 11.1. The van der Waals surface area contributed by atoms with Gasteiger partial charge in [-0.25, -0.2) is 4.98 Å². The van der Waals surface area contributed by atoms with Gasteiger partial charge in [0.1, 0.15) is 11.6 Å². The quantitative estimate of drug-likeness (QED) is 0.497. The van der Waals surface area contributed by atoms with Gasteiger partial charge in [0.2, 0.25) is 11.8 Å². The lowest BCUT2D eigenvalue weighted by Gasteiger charge is -2.04. The molecule has 1 aliphatic rings. The average molecular weight is 212 g/mol. The molecule has 2 N–H and O–H groups in total. The molecule has 0 spiro atoms. The molecule has 0 radical (unpaired) electrons. The third-order valence-electron chi connectivity index (χ3n) is 1.71. The first kappa shape index (κ1) is 8.96. The Morgan fingerprint density at radius 1 is 1.21 bits per heavy atom. The van der Waals surface area contributed by atoms with Crippen LogP contribution in [-0.2, 0) is 9.59 Å². The van der Waals surface area contributed by atoms with E-state index in [4.69, 9.17) is 11.6 Å². The van der Waals surface area contributed by atoms with Crippen LogP contribution in [0.5, 0.6) is 0 Å². The van der Waals surface area contributed by atoms with Crippen molar-refractivity contribution in [2.45, 2.75) is 6.42 Å². The number of nitrogens with one attached hydrogen (secondary N) is 2. The van der Waals surface area contributed by atoms with Gasteiger partial charge in [-0.2, -0.15) is 0 Å². The van der Waals surface area contributed by atoms with Gasteiger partial charge in [0.25, 0.3) is 0 Å². The van der Waals surface area contributed by atoms with Crippen LogP contribution in [0.4, 0.5) is 11.5 Å². The molecule has 14 heavy (non-hydrogen) atoms. The van der Waals surface area contributed by atoms with Gasteiger partial charge < -0.3 is 10.6 Å². The molecule has 0 saturated carbocycles. The van der Waals surface area contributed by atoms with Crippen molar-refractivity contribution in [2.75, 3.05) is 10.6 Å². The number of hydrogen-bond acceptors (Lipinski definition) is 3. The van der Waals surface area contributed by atoms with Crippen LogP contribution >= 0.6 is 11.6 Å². The molecule has 0 fully saturated rings. The highest BCUT2D eigenvalue weighted by molar-refractivity contribution is 6.29. The molecule has 1 aliphatic heterocycles. The Balaban J connectivity index is 2.46. The summed E-state index contributed by atoms with van der Waals surface area (Å²) >= 11 is 5.64. The van der Waals surface area contributed by atoms with E-state index >= 15 is 0 Å². The van der Waals surface area contributed by atoms with Crippen molar-refractivity contribution >= 4 is 34.9 Å². The van der Waals surface area contributed by atoms with E-state index in [1.54, 1.807) is 6.07 Å². The molecule has 2 heterocycles. The monoisotopic (exact) mass is 211 g/mol. The second kappa shape index (κ2) is 3.26. The van der Waals surface area contributed by atoms with Crippen LogP contribution in [-0.4, -0.2) is 16.8 Å². The predicted octanol–water partition coefficient (Wildman–Crippen LogP) is 1.02. The summed E-state index contributed by atoms with van der Waals surface area (Å²) < 4.78 is 0. The maximum Gasteiger partial charge on any atom is 0.235 e. The molecule has 0 unspecified atom stereocenters. The standard InChI is InChI=1S/C8H6ClN3O2/c9-5-2-1-4-8(11-5)12-7(14)3-6(13)10-4/h1-2H,3H2,(H,10,13)(H,11,12,14). The van der Waals surface area contributed by atoms with Crippen molar-refractivity contribution < 1.29 is 9.59 Å². The Hall–Kier alpha value is -1.62. The zero-order valence-corrected chi connectivity index (χ0v) is 7.76. The van der Waals surface area contributed by atoms with E-state index in [1.807, 2.05) is 0 Å². The van der Waals surface area contributed by atoms with Crippen molar-refractivity contribution in [1.29, 1.82) is 0 Å². The fraction of sp³-hybridized carbons (Fsp3) is 0.125. The van der Waals surface area contributed by atoms with Crippen LogP contribution in [0.25, 0.3) is 0 Å². The molecule has 0 bridgehead atoms. The number of carbonyl (C=O) groups excluding carboxylic acids is 2. The van der Waals surface area contributed by atoms with Crippen molar-refractivity contribution in [2.24, 2.45) is 0 Å². The molecule has 0 saturated heterocycles. The fourth-order valence-corrected chi connectivity index (χ4v) is 1.30. The zero-order valence-electron chi connectivity index (χ0n) is 7.00.